The summed E-state index contributed by atoms with van der Waals surface area (Å²) in [6.07, 6.45) is 2.33. The third kappa shape index (κ3) is 3.77. The van der Waals surface area contributed by atoms with Gasteiger partial charge in [0, 0.05) is 37.6 Å². The minimum absolute atomic E-state index is 0.126. The molecule has 0 radical (unpaired) electrons. The van der Waals surface area contributed by atoms with Gasteiger partial charge in [-0.25, -0.2) is 4.79 Å². The average Bonchev–Trinajstić information content (AvgIpc) is 3.07. The Bertz CT molecular complexity index is 883. The predicted octanol–water partition coefficient (Wildman–Crippen LogP) is 2.51. The molecular formula is C21H26N2O4. The van der Waals surface area contributed by atoms with Crippen molar-refractivity contribution >= 4 is 16.9 Å². The second-order valence-corrected chi connectivity index (χ2v) is 7.76. The van der Waals surface area contributed by atoms with Crippen LogP contribution in [0.25, 0.3) is 11.0 Å². The van der Waals surface area contributed by atoms with Crippen LogP contribution in [-0.2, 0) is 4.74 Å². The molecule has 0 bridgehead atoms. The Morgan fingerprint density at radius 1 is 1.19 bits per heavy atom. The monoisotopic (exact) mass is 370 g/mol. The van der Waals surface area contributed by atoms with Crippen molar-refractivity contribution in [2.24, 2.45) is 0 Å². The van der Waals surface area contributed by atoms with Gasteiger partial charge in [-0.3, -0.25) is 9.69 Å². The quantitative estimate of drug-likeness (QED) is 0.777. The van der Waals surface area contributed by atoms with Crippen LogP contribution < -0.4 is 5.63 Å². The van der Waals surface area contributed by atoms with Crippen LogP contribution in [0.4, 0.5) is 0 Å². The third-order valence-corrected chi connectivity index (χ3v) is 5.47. The predicted molar refractivity (Wildman–Crippen MR) is 103 cm³/mol. The lowest BCUT2D eigenvalue weighted by Gasteiger charge is -2.38. The lowest BCUT2D eigenvalue weighted by atomic mass is 10.1. The molecule has 6 nitrogen and oxygen atoms in total. The molecule has 27 heavy (non-hydrogen) atoms. The maximum atomic E-state index is 13.1. The number of carbonyl (C=O) groups excluding carboxylic acids is 1. The molecule has 3 atom stereocenters. The van der Waals surface area contributed by atoms with E-state index in [2.05, 4.69) is 18.7 Å². The van der Waals surface area contributed by atoms with Gasteiger partial charge in [0.05, 0.1) is 12.2 Å². The topological polar surface area (TPSA) is 63.0 Å². The summed E-state index contributed by atoms with van der Waals surface area (Å²) in [6.45, 7) is 7.43. The van der Waals surface area contributed by atoms with Crippen LogP contribution in [0.5, 0.6) is 0 Å². The number of para-hydroxylation sites is 1. The molecule has 2 aliphatic rings. The van der Waals surface area contributed by atoms with Gasteiger partial charge in [0.25, 0.3) is 5.91 Å². The number of rotatable bonds is 3. The molecule has 2 aliphatic heterocycles. The molecule has 0 aliphatic carbocycles. The van der Waals surface area contributed by atoms with Gasteiger partial charge in [0.15, 0.2) is 0 Å². The number of hydrogen-bond acceptors (Lipinski definition) is 5. The first-order valence-corrected chi connectivity index (χ1v) is 9.73. The van der Waals surface area contributed by atoms with E-state index < -0.39 is 5.63 Å². The SMILES string of the molecule is C[C@@H]1CN(C[C@@H]2CCCN2C(=O)c2cc3ccccc3oc2=O)C[C@@H](C)O1. The van der Waals surface area contributed by atoms with Crippen LogP contribution in [0.15, 0.2) is 39.5 Å². The fourth-order valence-electron chi connectivity index (χ4n) is 4.39. The molecule has 1 amide bonds. The zero-order chi connectivity index (χ0) is 19.0. The van der Waals surface area contributed by atoms with Crippen molar-refractivity contribution in [3.8, 4) is 0 Å². The normalized spacial score (nSPS) is 26.6. The highest BCUT2D eigenvalue weighted by molar-refractivity contribution is 5.97. The standard InChI is InChI=1S/C21H26N2O4/c1-14-11-22(12-15(2)26-14)13-17-7-5-9-23(17)20(24)18-10-16-6-3-4-8-19(16)27-21(18)25/h3-4,6,8,10,14-15,17H,5,7,9,11-13H2,1-2H3/t14-,15-,17+/m1/s1. The fraction of sp³-hybridized carbons (Fsp3) is 0.524. The van der Waals surface area contributed by atoms with Crippen LogP contribution in [0.1, 0.15) is 37.0 Å². The number of fused-ring (bicyclic) bond motifs is 1. The molecule has 6 heteroatoms. The van der Waals surface area contributed by atoms with E-state index in [1.807, 2.05) is 23.1 Å². The smallest absolute Gasteiger partial charge is 0.349 e. The van der Waals surface area contributed by atoms with E-state index in [-0.39, 0.29) is 29.7 Å². The number of hydrogen-bond donors (Lipinski definition) is 0. The van der Waals surface area contributed by atoms with Crippen LogP contribution >= 0.6 is 0 Å². The fourth-order valence-corrected chi connectivity index (χ4v) is 4.39. The van der Waals surface area contributed by atoms with Crippen molar-refractivity contribution in [1.29, 1.82) is 0 Å². The van der Waals surface area contributed by atoms with E-state index in [0.29, 0.717) is 12.1 Å². The van der Waals surface area contributed by atoms with E-state index in [1.165, 1.54) is 0 Å². The van der Waals surface area contributed by atoms with Crippen molar-refractivity contribution in [1.82, 2.24) is 9.80 Å². The molecule has 2 aromatic rings. The van der Waals surface area contributed by atoms with Gasteiger partial charge < -0.3 is 14.1 Å². The molecule has 4 rings (SSSR count). The average molecular weight is 370 g/mol. The maximum absolute atomic E-state index is 13.1. The lowest BCUT2D eigenvalue weighted by molar-refractivity contribution is -0.0715. The number of likely N-dealkylation sites (tertiary alicyclic amines) is 1. The highest BCUT2D eigenvalue weighted by Crippen LogP contribution is 2.23. The van der Waals surface area contributed by atoms with Crippen LogP contribution in [0.3, 0.4) is 0 Å². The largest absolute Gasteiger partial charge is 0.422 e. The molecule has 2 saturated heterocycles. The van der Waals surface area contributed by atoms with Crippen LogP contribution in [0.2, 0.25) is 0 Å². The summed E-state index contributed by atoms with van der Waals surface area (Å²) in [5.74, 6) is -0.216. The van der Waals surface area contributed by atoms with Gasteiger partial charge in [0.1, 0.15) is 11.1 Å². The van der Waals surface area contributed by atoms with E-state index in [1.54, 1.807) is 12.1 Å². The van der Waals surface area contributed by atoms with Crippen molar-refractivity contribution < 1.29 is 13.9 Å². The zero-order valence-corrected chi connectivity index (χ0v) is 15.9. The van der Waals surface area contributed by atoms with E-state index >= 15 is 0 Å². The minimum Gasteiger partial charge on any atom is -0.422 e. The summed E-state index contributed by atoms with van der Waals surface area (Å²) in [5, 5.41) is 0.770. The number of morpholine rings is 1. The molecular weight excluding hydrogens is 344 g/mol. The first-order valence-electron chi connectivity index (χ1n) is 9.73. The Morgan fingerprint density at radius 3 is 2.70 bits per heavy atom. The maximum Gasteiger partial charge on any atom is 0.349 e. The van der Waals surface area contributed by atoms with Crippen molar-refractivity contribution in [2.75, 3.05) is 26.2 Å². The second-order valence-electron chi connectivity index (χ2n) is 7.76. The molecule has 0 unspecified atom stereocenters. The number of carbonyl (C=O) groups is 1. The second kappa shape index (κ2) is 7.44. The number of ether oxygens (including phenoxy) is 1. The summed E-state index contributed by atoms with van der Waals surface area (Å²) in [6, 6.07) is 9.07. The van der Waals surface area contributed by atoms with Gasteiger partial charge in [-0.05, 0) is 38.8 Å². The van der Waals surface area contributed by atoms with Gasteiger partial charge in [0.2, 0.25) is 0 Å². The van der Waals surface area contributed by atoms with Crippen molar-refractivity contribution in [3.63, 3.8) is 0 Å². The zero-order valence-electron chi connectivity index (χ0n) is 15.9. The van der Waals surface area contributed by atoms with Gasteiger partial charge in [-0.15, -0.1) is 0 Å². The summed E-state index contributed by atoms with van der Waals surface area (Å²) in [5.41, 5.74) is 0.0793. The molecule has 2 fully saturated rings. The Balaban J connectivity index is 1.54. The Hall–Kier alpha value is -2.18. The summed E-state index contributed by atoms with van der Waals surface area (Å²) in [7, 11) is 0. The first kappa shape index (κ1) is 18.2. The highest BCUT2D eigenvalue weighted by atomic mass is 16.5. The molecule has 1 aromatic heterocycles. The van der Waals surface area contributed by atoms with Crippen LogP contribution in [-0.4, -0.2) is 60.1 Å². The number of amides is 1. The van der Waals surface area contributed by atoms with Crippen LogP contribution in [0, 0.1) is 0 Å². The van der Waals surface area contributed by atoms with Gasteiger partial charge in [-0.2, -0.15) is 0 Å². The molecule has 1 aromatic carbocycles. The summed E-state index contributed by atoms with van der Waals surface area (Å²) >= 11 is 0. The molecule has 0 spiro atoms. The van der Waals surface area contributed by atoms with E-state index in [0.717, 1.165) is 37.9 Å². The molecule has 0 N–H and O–H groups in total. The Kier molecular flexibility index (Phi) is 5.02. The molecule has 144 valence electrons. The lowest BCUT2D eigenvalue weighted by Crippen LogP contribution is -2.51. The van der Waals surface area contributed by atoms with E-state index in [4.69, 9.17) is 9.15 Å². The highest BCUT2D eigenvalue weighted by Gasteiger charge is 2.34. The minimum atomic E-state index is -0.557. The summed E-state index contributed by atoms with van der Waals surface area (Å²) < 4.78 is 11.2. The third-order valence-electron chi connectivity index (χ3n) is 5.47. The van der Waals surface area contributed by atoms with Crippen molar-refractivity contribution in [2.45, 2.75) is 44.9 Å². The summed E-state index contributed by atoms with van der Waals surface area (Å²) in [4.78, 5) is 29.7. The molecule has 0 saturated carbocycles. The van der Waals surface area contributed by atoms with Gasteiger partial charge >= 0.3 is 5.63 Å². The number of benzene rings is 1. The number of nitrogens with zero attached hydrogens (tertiary/aromatic N) is 2. The Labute approximate surface area is 158 Å². The van der Waals surface area contributed by atoms with Gasteiger partial charge in [-0.1, -0.05) is 18.2 Å². The van der Waals surface area contributed by atoms with E-state index in [9.17, 15) is 9.59 Å². The Morgan fingerprint density at radius 2 is 1.93 bits per heavy atom. The molecule has 3 heterocycles. The van der Waals surface area contributed by atoms with Crippen molar-refractivity contribution in [3.05, 3.63) is 46.3 Å². The first-order chi connectivity index (χ1) is 13.0.